The van der Waals surface area contributed by atoms with Crippen molar-refractivity contribution in [2.24, 2.45) is 11.7 Å². The van der Waals surface area contributed by atoms with Crippen molar-refractivity contribution < 1.29 is 14.6 Å². The Morgan fingerprint density at radius 2 is 2.05 bits per heavy atom. The number of β-amino-alcohol motifs (C(OH)–C–C–N with tert-alkyl or cyclic N) is 1. The summed E-state index contributed by atoms with van der Waals surface area (Å²) in [5, 5.41) is 10.9. The molecule has 0 radical (unpaired) electrons. The molecule has 1 unspecified atom stereocenters. The first-order valence-corrected chi connectivity index (χ1v) is 7.99. The number of nitrogens with two attached hydrogens (primary N) is 1. The van der Waals surface area contributed by atoms with Crippen LogP contribution in [-0.2, 0) is 4.79 Å². The molecule has 1 aromatic carbocycles. The van der Waals surface area contributed by atoms with Gasteiger partial charge < -0.3 is 20.5 Å². The molecular formula is C15H20Cl2N2O3. The minimum absolute atomic E-state index is 0.0409. The maximum atomic E-state index is 11.1. The van der Waals surface area contributed by atoms with Gasteiger partial charge in [-0.25, -0.2) is 0 Å². The van der Waals surface area contributed by atoms with Gasteiger partial charge in [-0.1, -0.05) is 23.2 Å². The van der Waals surface area contributed by atoms with E-state index >= 15 is 0 Å². The lowest BCUT2D eigenvalue weighted by Crippen LogP contribution is -2.43. The molecule has 1 fully saturated rings. The second-order valence-electron chi connectivity index (χ2n) is 5.52. The lowest BCUT2D eigenvalue weighted by molar-refractivity contribution is -0.123. The SMILES string of the molecule is NC(=O)C1CCN(CC(O)COc2ccc(Cl)c(Cl)c2)CC1. The van der Waals surface area contributed by atoms with Crippen LogP contribution in [0.15, 0.2) is 18.2 Å². The number of benzene rings is 1. The number of nitrogens with zero attached hydrogens (tertiary/aromatic N) is 1. The van der Waals surface area contributed by atoms with Crippen LogP contribution in [0, 0.1) is 5.92 Å². The number of carbonyl (C=O) groups excluding carboxylic acids is 1. The Bertz CT molecular complexity index is 520. The smallest absolute Gasteiger partial charge is 0.220 e. The van der Waals surface area contributed by atoms with Gasteiger partial charge in [-0.15, -0.1) is 0 Å². The quantitative estimate of drug-likeness (QED) is 0.825. The van der Waals surface area contributed by atoms with E-state index < -0.39 is 6.10 Å². The molecule has 1 heterocycles. The number of halogens is 2. The first-order chi connectivity index (χ1) is 10.5. The summed E-state index contributed by atoms with van der Waals surface area (Å²) in [5.41, 5.74) is 5.30. The van der Waals surface area contributed by atoms with Crippen LogP contribution in [0.2, 0.25) is 10.0 Å². The number of rotatable bonds is 6. The molecule has 2 rings (SSSR count). The van der Waals surface area contributed by atoms with Crippen LogP contribution in [0.5, 0.6) is 5.75 Å². The molecule has 0 aliphatic carbocycles. The van der Waals surface area contributed by atoms with E-state index in [-0.39, 0.29) is 18.4 Å². The Labute approximate surface area is 139 Å². The predicted octanol–water partition coefficient (Wildman–Crippen LogP) is 1.93. The van der Waals surface area contributed by atoms with E-state index in [1.165, 1.54) is 0 Å². The standard InChI is InChI=1S/C15H20Cl2N2O3/c16-13-2-1-12(7-14(13)17)22-9-11(20)8-19-5-3-10(4-6-19)15(18)21/h1-2,7,10-11,20H,3-6,8-9H2,(H2,18,21). The summed E-state index contributed by atoms with van der Waals surface area (Å²) >= 11 is 11.7. The van der Waals surface area contributed by atoms with Crippen LogP contribution in [0.3, 0.4) is 0 Å². The number of piperidine rings is 1. The topological polar surface area (TPSA) is 75.8 Å². The number of hydrogen-bond donors (Lipinski definition) is 2. The minimum Gasteiger partial charge on any atom is -0.491 e. The van der Waals surface area contributed by atoms with Crippen molar-refractivity contribution in [3.63, 3.8) is 0 Å². The fourth-order valence-electron chi connectivity index (χ4n) is 2.51. The Morgan fingerprint density at radius 3 is 2.64 bits per heavy atom. The fraction of sp³-hybridized carbons (Fsp3) is 0.533. The third kappa shape index (κ3) is 5.02. The molecule has 5 nitrogen and oxygen atoms in total. The zero-order valence-corrected chi connectivity index (χ0v) is 13.7. The van der Waals surface area contributed by atoms with Crippen molar-refractivity contribution in [1.29, 1.82) is 0 Å². The summed E-state index contributed by atoms with van der Waals surface area (Å²) in [6.07, 6.45) is 0.880. The number of aliphatic hydroxyl groups is 1. The third-order valence-electron chi connectivity index (χ3n) is 3.79. The summed E-state index contributed by atoms with van der Waals surface area (Å²) in [4.78, 5) is 13.2. The van der Waals surface area contributed by atoms with Crippen molar-refractivity contribution in [2.45, 2.75) is 18.9 Å². The van der Waals surface area contributed by atoms with E-state index in [9.17, 15) is 9.90 Å². The number of amides is 1. The number of likely N-dealkylation sites (tertiary alicyclic amines) is 1. The predicted molar refractivity (Wildman–Crippen MR) is 86.3 cm³/mol. The normalized spacial score (nSPS) is 18.1. The number of primary amides is 1. The Hall–Kier alpha value is -1.01. The second-order valence-corrected chi connectivity index (χ2v) is 6.33. The van der Waals surface area contributed by atoms with Gasteiger partial charge in [-0.2, -0.15) is 0 Å². The van der Waals surface area contributed by atoms with E-state index in [0.717, 1.165) is 25.9 Å². The number of ether oxygens (including phenoxy) is 1. The summed E-state index contributed by atoms with van der Waals surface area (Å²) < 4.78 is 5.51. The highest BCUT2D eigenvalue weighted by molar-refractivity contribution is 6.42. The first kappa shape index (κ1) is 17.3. The van der Waals surface area contributed by atoms with Crippen LogP contribution in [0.4, 0.5) is 0 Å². The molecule has 7 heteroatoms. The summed E-state index contributed by atoms with van der Waals surface area (Å²) in [5.74, 6) is 0.296. The van der Waals surface area contributed by atoms with E-state index in [1.807, 2.05) is 0 Å². The van der Waals surface area contributed by atoms with Gasteiger partial charge in [0.15, 0.2) is 0 Å². The minimum atomic E-state index is -0.611. The summed E-state index contributed by atoms with van der Waals surface area (Å²) in [6.45, 7) is 2.20. The summed E-state index contributed by atoms with van der Waals surface area (Å²) in [6, 6.07) is 4.98. The monoisotopic (exact) mass is 346 g/mol. The Morgan fingerprint density at radius 1 is 1.36 bits per heavy atom. The van der Waals surface area contributed by atoms with E-state index in [1.54, 1.807) is 18.2 Å². The van der Waals surface area contributed by atoms with Crippen molar-refractivity contribution in [2.75, 3.05) is 26.2 Å². The van der Waals surface area contributed by atoms with Gasteiger partial charge in [0.05, 0.1) is 10.0 Å². The van der Waals surface area contributed by atoms with E-state index in [4.69, 9.17) is 33.7 Å². The molecule has 1 saturated heterocycles. The number of carbonyl (C=O) groups is 1. The molecule has 1 atom stereocenters. The second kappa shape index (κ2) is 8.02. The van der Waals surface area contributed by atoms with Crippen LogP contribution < -0.4 is 10.5 Å². The zero-order chi connectivity index (χ0) is 16.1. The van der Waals surface area contributed by atoms with Crippen LogP contribution in [0.1, 0.15) is 12.8 Å². The highest BCUT2D eigenvalue weighted by Crippen LogP contribution is 2.26. The third-order valence-corrected chi connectivity index (χ3v) is 4.53. The van der Waals surface area contributed by atoms with Gasteiger partial charge in [0, 0.05) is 18.5 Å². The van der Waals surface area contributed by atoms with Crippen LogP contribution in [0.25, 0.3) is 0 Å². The zero-order valence-electron chi connectivity index (χ0n) is 12.2. The van der Waals surface area contributed by atoms with Gasteiger partial charge >= 0.3 is 0 Å². The molecule has 0 bridgehead atoms. The fourth-order valence-corrected chi connectivity index (χ4v) is 2.80. The van der Waals surface area contributed by atoms with Crippen LogP contribution >= 0.6 is 23.2 Å². The molecule has 0 spiro atoms. The largest absolute Gasteiger partial charge is 0.491 e. The van der Waals surface area contributed by atoms with Crippen LogP contribution in [-0.4, -0.2) is 48.3 Å². The molecule has 1 aliphatic heterocycles. The molecule has 0 saturated carbocycles. The molecular weight excluding hydrogens is 327 g/mol. The molecule has 0 aromatic heterocycles. The van der Waals surface area contributed by atoms with E-state index in [0.29, 0.717) is 22.3 Å². The summed E-state index contributed by atoms with van der Waals surface area (Å²) in [7, 11) is 0. The van der Waals surface area contributed by atoms with Crippen molar-refractivity contribution >= 4 is 29.1 Å². The lowest BCUT2D eigenvalue weighted by atomic mass is 9.96. The molecule has 3 N–H and O–H groups in total. The molecule has 1 aliphatic rings. The Balaban J connectivity index is 1.73. The number of hydrogen-bond acceptors (Lipinski definition) is 4. The number of aliphatic hydroxyl groups excluding tert-OH is 1. The van der Waals surface area contributed by atoms with Crippen molar-refractivity contribution in [3.05, 3.63) is 28.2 Å². The first-order valence-electron chi connectivity index (χ1n) is 7.23. The highest BCUT2D eigenvalue weighted by Gasteiger charge is 2.24. The van der Waals surface area contributed by atoms with Gasteiger partial charge in [0.1, 0.15) is 18.5 Å². The lowest BCUT2D eigenvalue weighted by Gasteiger charge is -2.31. The average Bonchev–Trinajstić information content (AvgIpc) is 2.49. The van der Waals surface area contributed by atoms with Gasteiger partial charge in [-0.05, 0) is 38.1 Å². The molecule has 1 aromatic rings. The molecule has 22 heavy (non-hydrogen) atoms. The van der Waals surface area contributed by atoms with Crippen molar-refractivity contribution in [3.8, 4) is 5.75 Å². The molecule has 122 valence electrons. The van der Waals surface area contributed by atoms with Crippen molar-refractivity contribution in [1.82, 2.24) is 4.90 Å². The van der Waals surface area contributed by atoms with E-state index in [2.05, 4.69) is 4.90 Å². The Kier molecular flexibility index (Phi) is 6.32. The maximum absolute atomic E-state index is 11.1. The molecule has 1 amide bonds. The van der Waals surface area contributed by atoms with Gasteiger partial charge in [0.25, 0.3) is 0 Å². The average molecular weight is 347 g/mol. The van der Waals surface area contributed by atoms with Gasteiger partial charge in [0.2, 0.25) is 5.91 Å². The maximum Gasteiger partial charge on any atom is 0.220 e. The highest BCUT2D eigenvalue weighted by atomic mass is 35.5. The van der Waals surface area contributed by atoms with Gasteiger partial charge in [-0.3, -0.25) is 4.79 Å².